The molecule has 6 heteroatoms. The Morgan fingerprint density at radius 2 is 1.59 bits per heavy atom. The second kappa shape index (κ2) is 5.92. The van der Waals surface area contributed by atoms with Gasteiger partial charge in [-0.3, -0.25) is 14.5 Å². The van der Waals surface area contributed by atoms with Gasteiger partial charge in [0.25, 0.3) is 0 Å². The smallest absolute Gasteiger partial charge is 0.238 e. The highest BCUT2D eigenvalue weighted by molar-refractivity contribution is 6.31. The molecule has 6 atom stereocenters. The second-order valence-electron chi connectivity index (χ2n) is 8.54. The summed E-state index contributed by atoms with van der Waals surface area (Å²) in [7, 11) is 0. The predicted molar refractivity (Wildman–Crippen MR) is 109 cm³/mol. The summed E-state index contributed by atoms with van der Waals surface area (Å²) < 4.78 is 0. The molecule has 0 unspecified atom stereocenters. The van der Waals surface area contributed by atoms with Gasteiger partial charge < -0.3 is 4.84 Å². The van der Waals surface area contributed by atoms with Crippen molar-refractivity contribution in [3.05, 3.63) is 64.7 Å². The summed E-state index contributed by atoms with van der Waals surface area (Å²) in [5.74, 6) is -0.601. The Balaban J connectivity index is 1.35. The van der Waals surface area contributed by atoms with E-state index in [4.69, 9.17) is 16.4 Å². The summed E-state index contributed by atoms with van der Waals surface area (Å²) in [5, 5.41) is 4.97. The minimum atomic E-state index is -0.308. The first-order valence-corrected chi connectivity index (χ1v) is 10.4. The summed E-state index contributed by atoms with van der Waals surface area (Å²) in [5.41, 5.74) is 3.74. The van der Waals surface area contributed by atoms with Crippen molar-refractivity contribution in [2.75, 3.05) is 4.90 Å². The summed E-state index contributed by atoms with van der Waals surface area (Å²) in [6.45, 7) is 2.05. The third kappa shape index (κ3) is 2.25. The number of rotatable bonds is 2. The Morgan fingerprint density at radius 1 is 0.931 bits per heavy atom. The van der Waals surface area contributed by atoms with Crippen LogP contribution < -0.4 is 4.90 Å². The highest BCUT2D eigenvalue weighted by Gasteiger charge is 2.70. The van der Waals surface area contributed by atoms with Gasteiger partial charge in [0.1, 0.15) is 6.10 Å². The van der Waals surface area contributed by atoms with E-state index in [1.54, 1.807) is 24.3 Å². The minimum absolute atomic E-state index is 0.0375. The molecular weight excluding hydrogens is 388 g/mol. The first-order valence-electron chi connectivity index (χ1n) is 9.99. The van der Waals surface area contributed by atoms with Gasteiger partial charge in [0.05, 0.1) is 23.2 Å². The van der Waals surface area contributed by atoms with E-state index in [-0.39, 0.29) is 47.5 Å². The Kier molecular flexibility index (Phi) is 3.52. The highest BCUT2D eigenvalue weighted by Crippen LogP contribution is 2.62. The average Bonchev–Trinajstić information content (AvgIpc) is 3.44. The third-order valence-electron chi connectivity index (χ3n) is 7.12. The first-order chi connectivity index (χ1) is 14.0. The van der Waals surface area contributed by atoms with E-state index in [1.165, 1.54) is 10.5 Å². The van der Waals surface area contributed by atoms with Crippen LogP contribution in [0, 0.1) is 36.5 Å². The monoisotopic (exact) mass is 406 g/mol. The van der Waals surface area contributed by atoms with Gasteiger partial charge in [0.2, 0.25) is 11.8 Å². The SMILES string of the molecule is Cc1ccc(C2=NO[C@@H]3[C@H]4C[C@@H]([C@H]23)[C@@H]2C(=O)N(c3ccc(Cl)cc3)C(=O)[C@H]42)cc1. The highest BCUT2D eigenvalue weighted by atomic mass is 35.5. The Labute approximate surface area is 173 Å². The fourth-order valence-electron chi connectivity index (χ4n) is 5.93. The Bertz CT molecular complexity index is 1060. The molecule has 2 bridgehead atoms. The number of anilines is 1. The normalized spacial score (nSPS) is 34.3. The van der Waals surface area contributed by atoms with Crippen LogP contribution in [-0.4, -0.2) is 23.6 Å². The predicted octanol–water partition coefficient (Wildman–Crippen LogP) is 3.82. The molecule has 3 fully saturated rings. The van der Waals surface area contributed by atoms with Gasteiger partial charge in [-0.15, -0.1) is 0 Å². The summed E-state index contributed by atoms with van der Waals surface area (Å²) in [4.78, 5) is 33.8. The maximum absolute atomic E-state index is 13.3. The van der Waals surface area contributed by atoms with Crippen LogP contribution in [0.2, 0.25) is 5.02 Å². The molecule has 29 heavy (non-hydrogen) atoms. The number of amides is 2. The average molecular weight is 407 g/mol. The number of fused-ring (bicyclic) bond motifs is 8. The Hall–Kier alpha value is -2.66. The fourth-order valence-corrected chi connectivity index (χ4v) is 6.06. The molecule has 0 spiro atoms. The molecular formula is C23H19ClN2O3. The van der Waals surface area contributed by atoms with Gasteiger partial charge >= 0.3 is 0 Å². The Morgan fingerprint density at radius 3 is 2.28 bits per heavy atom. The number of hydrogen-bond donors (Lipinski definition) is 0. The van der Waals surface area contributed by atoms with Gasteiger partial charge in [-0.1, -0.05) is 46.6 Å². The van der Waals surface area contributed by atoms with Crippen molar-refractivity contribution in [2.45, 2.75) is 19.4 Å². The van der Waals surface area contributed by atoms with Crippen molar-refractivity contribution in [1.82, 2.24) is 0 Å². The van der Waals surface area contributed by atoms with E-state index in [0.29, 0.717) is 10.7 Å². The molecule has 2 saturated carbocycles. The van der Waals surface area contributed by atoms with Crippen molar-refractivity contribution < 1.29 is 14.4 Å². The molecule has 146 valence electrons. The molecule has 6 rings (SSSR count). The molecule has 0 radical (unpaired) electrons. The van der Waals surface area contributed by atoms with E-state index in [1.807, 2.05) is 0 Å². The van der Waals surface area contributed by atoms with Crippen LogP contribution in [0.4, 0.5) is 5.69 Å². The lowest BCUT2D eigenvalue weighted by Crippen LogP contribution is -2.41. The molecule has 2 heterocycles. The van der Waals surface area contributed by atoms with Crippen LogP contribution in [0.1, 0.15) is 17.5 Å². The number of carbonyl (C=O) groups excluding carboxylic acids is 2. The van der Waals surface area contributed by atoms with Crippen LogP contribution in [0.3, 0.4) is 0 Å². The molecule has 0 N–H and O–H groups in total. The third-order valence-corrected chi connectivity index (χ3v) is 7.37. The van der Waals surface area contributed by atoms with E-state index < -0.39 is 0 Å². The molecule has 4 aliphatic rings. The summed E-state index contributed by atoms with van der Waals surface area (Å²) in [6, 6.07) is 15.1. The minimum Gasteiger partial charge on any atom is -0.391 e. The lowest BCUT2D eigenvalue weighted by Gasteiger charge is -2.29. The van der Waals surface area contributed by atoms with Crippen molar-refractivity contribution in [3.8, 4) is 0 Å². The number of hydrogen-bond acceptors (Lipinski definition) is 4. The molecule has 2 aliphatic carbocycles. The zero-order valence-electron chi connectivity index (χ0n) is 15.8. The van der Waals surface area contributed by atoms with Crippen LogP contribution in [-0.2, 0) is 14.4 Å². The lowest BCUT2D eigenvalue weighted by molar-refractivity contribution is -0.125. The number of aryl methyl sites for hydroxylation is 1. The van der Waals surface area contributed by atoms with Gasteiger partial charge in [-0.05, 0) is 49.1 Å². The van der Waals surface area contributed by atoms with E-state index >= 15 is 0 Å². The maximum atomic E-state index is 13.3. The van der Waals surface area contributed by atoms with Gasteiger partial charge in [-0.25, -0.2) is 0 Å². The number of halogens is 1. The zero-order chi connectivity index (χ0) is 19.9. The van der Waals surface area contributed by atoms with E-state index in [2.05, 4.69) is 36.3 Å². The lowest BCUT2D eigenvalue weighted by atomic mass is 9.71. The molecule has 2 aromatic rings. The fraction of sp³-hybridized carbons (Fsp3) is 0.348. The second-order valence-corrected chi connectivity index (χ2v) is 8.98. The molecule has 5 nitrogen and oxygen atoms in total. The largest absolute Gasteiger partial charge is 0.391 e. The topological polar surface area (TPSA) is 59.0 Å². The first kappa shape index (κ1) is 17.2. The summed E-state index contributed by atoms with van der Waals surface area (Å²) >= 11 is 5.97. The van der Waals surface area contributed by atoms with E-state index in [0.717, 1.165) is 17.7 Å². The zero-order valence-corrected chi connectivity index (χ0v) is 16.5. The molecule has 2 aromatic carbocycles. The number of oxime groups is 1. The molecule has 0 aromatic heterocycles. The number of benzene rings is 2. The van der Waals surface area contributed by atoms with Gasteiger partial charge in [-0.2, -0.15) is 0 Å². The van der Waals surface area contributed by atoms with Crippen LogP contribution >= 0.6 is 11.6 Å². The molecule has 1 saturated heterocycles. The van der Waals surface area contributed by atoms with Crippen molar-refractivity contribution >= 4 is 34.8 Å². The maximum Gasteiger partial charge on any atom is 0.238 e. The number of imide groups is 1. The van der Waals surface area contributed by atoms with E-state index in [9.17, 15) is 9.59 Å². The molecule has 2 amide bonds. The quantitative estimate of drug-likeness (QED) is 0.712. The van der Waals surface area contributed by atoms with Crippen molar-refractivity contribution in [1.29, 1.82) is 0 Å². The number of nitrogens with zero attached hydrogens (tertiary/aromatic N) is 2. The van der Waals surface area contributed by atoms with Crippen LogP contribution in [0.25, 0.3) is 0 Å². The number of carbonyl (C=O) groups is 2. The van der Waals surface area contributed by atoms with Crippen molar-refractivity contribution in [3.63, 3.8) is 0 Å². The van der Waals surface area contributed by atoms with Gasteiger partial charge in [0.15, 0.2) is 0 Å². The van der Waals surface area contributed by atoms with Gasteiger partial charge in [0, 0.05) is 16.9 Å². The van der Waals surface area contributed by atoms with Crippen molar-refractivity contribution in [2.24, 2.45) is 34.7 Å². The van der Waals surface area contributed by atoms with Crippen LogP contribution in [0.15, 0.2) is 53.7 Å². The summed E-state index contributed by atoms with van der Waals surface area (Å²) in [6.07, 6.45) is 0.737. The molecule has 2 aliphatic heterocycles. The van der Waals surface area contributed by atoms with Crippen LogP contribution in [0.5, 0.6) is 0 Å². The standard InChI is InChI=1S/C23H19ClN2O3/c1-11-2-4-12(5-3-11)20-19-15-10-16(21(19)29-25-20)18-17(15)22(27)26(23(18)28)14-8-6-13(24)7-9-14/h2-9,15-19,21H,10H2,1H3/t15-,16+,17+,18-,19-,21-/m1/s1.